The first kappa shape index (κ1) is 43.5. The van der Waals surface area contributed by atoms with Gasteiger partial charge in [0.05, 0.1) is 67.8 Å². The maximum Gasteiger partial charge on any atom is 0.338 e. The van der Waals surface area contributed by atoms with Crippen LogP contribution in [0.4, 0.5) is 0 Å². The third kappa shape index (κ3) is 12.7. The quantitative estimate of drug-likeness (QED) is 0.155. The van der Waals surface area contributed by atoms with Gasteiger partial charge in [0.15, 0.2) is 0 Å². The third-order valence-corrected chi connectivity index (χ3v) is 7.80. The van der Waals surface area contributed by atoms with Gasteiger partial charge in [-0.25, -0.2) is 39.1 Å². The van der Waals surface area contributed by atoms with E-state index in [1.54, 1.807) is 132 Å². The summed E-state index contributed by atoms with van der Waals surface area (Å²) in [5.41, 5.74) is 1.15. The van der Waals surface area contributed by atoms with E-state index in [2.05, 4.69) is 10.6 Å². The number of hydrogen-bond acceptors (Lipinski definition) is 14. The number of pyridine rings is 4. The predicted octanol–water partition coefficient (Wildman–Crippen LogP) is 7.31. The minimum atomic E-state index is -0.763. The Morgan fingerprint density at radius 3 is 0.741 bits per heavy atom. The number of fused-ring (bicyclic) bond motifs is 10. The second-order valence-electron chi connectivity index (χ2n) is 18.1. The molecule has 14 nitrogen and oxygen atoms in total. The molecule has 0 aliphatic carbocycles. The van der Waals surface area contributed by atoms with E-state index in [9.17, 15) is 19.2 Å². The average Bonchev–Trinajstić information content (AvgIpc) is 3.08. The van der Waals surface area contributed by atoms with Crippen molar-refractivity contribution in [2.45, 2.75) is 132 Å². The molecule has 308 valence electrons. The highest BCUT2D eigenvalue weighted by molar-refractivity contribution is 5.94. The second-order valence-corrected chi connectivity index (χ2v) is 18.1. The van der Waals surface area contributed by atoms with Gasteiger partial charge in [-0.2, -0.15) is 0 Å². The first-order valence-electron chi connectivity index (χ1n) is 19.2. The molecule has 0 amide bonds. The number of ether oxygens (including phenoxy) is 4. The molecule has 4 aromatic rings. The Bertz CT molecular complexity index is 1910. The Morgan fingerprint density at radius 2 is 0.569 bits per heavy atom. The summed E-state index contributed by atoms with van der Waals surface area (Å²) in [5.74, 6) is -2.22. The van der Waals surface area contributed by atoms with E-state index in [0.29, 0.717) is 45.6 Å². The number of nitrogens with zero attached hydrogens (tertiary/aromatic N) is 4. The van der Waals surface area contributed by atoms with Gasteiger partial charge in [-0.3, -0.25) is 0 Å². The van der Waals surface area contributed by atoms with Gasteiger partial charge >= 0.3 is 23.9 Å². The molecule has 0 radical (unpaired) electrons. The van der Waals surface area contributed by atoms with Gasteiger partial charge in [0.1, 0.15) is 22.4 Å². The maximum absolute atomic E-state index is 13.5. The summed E-state index contributed by atoms with van der Waals surface area (Å²) < 4.78 is 22.9. The van der Waals surface area contributed by atoms with Crippen molar-refractivity contribution in [2.75, 3.05) is 0 Å². The molecule has 0 spiro atoms. The molecule has 0 unspecified atom stereocenters. The molecular formula is C44H54N6O8. The van der Waals surface area contributed by atoms with Crippen molar-refractivity contribution in [2.24, 2.45) is 0 Å². The maximum atomic E-state index is 13.5. The molecule has 0 saturated carbocycles. The topological polar surface area (TPSA) is 181 Å². The molecule has 1 aliphatic rings. The Morgan fingerprint density at radius 1 is 0.379 bits per heavy atom. The molecule has 0 aromatic carbocycles. The molecule has 0 fully saturated rings. The summed E-state index contributed by atoms with van der Waals surface area (Å²) in [6.45, 7) is 22.0. The van der Waals surface area contributed by atoms with E-state index in [1.807, 2.05) is 0 Å². The Labute approximate surface area is 339 Å². The molecule has 2 N–H and O–H groups in total. The number of carbonyl (C=O) groups is 4. The number of nitrogens with one attached hydrogen (secondary N) is 2. The van der Waals surface area contributed by atoms with Crippen molar-refractivity contribution in [3.63, 3.8) is 0 Å². The fourth-order valence-electron chi connectivity index (χ4n) is 5.69. The van der Waals surface area contributed by atoms with Gasteiger partial charge in [0.2, 0.25) is 0 Å². The lowest BCUT2D eigenvalue weighted by Crippen LogP contribution is -2.25. The summed E-state index contributed by atoms with van der Waals surface area (Å²) in [6, 6.07) is 12.9. The van der Waals surface area contributed by atoms with Crippen LogP contribution in [0.1, 0.15) is 147 Å². The van der Waals surface area contributed by atoms with Crippen LogP contribution in [-0.2, 0) is 45.1 Å². The van der Waals surface area contributed by atoms with Gasteiger partial charge in [0.25, 0.3) is 0 Å². The Hall–Kier alpha value is -5.60. The number of carbonyl (C=O) groups excluding carboxylic acids is 4. The van der Waals surface area contributed by atoms with E-state index in [-0.39, 0.29) is 48.4 Å². The van der Waals surface area contributed by atoms with Crippen molar-refractivity contribution in [1.29, 1.82) is 0 Å². The van der Waals surface area contributed by atoms with Gasteiger partial charge in [-0.15, -0.1) is 0 Å². The van der Waals surface area contributed by atoms with Crippen molar-refractivity contribution < 1.29 is 38.1 Å². The molecule has 0 saturated heterocycles. The van der Waals surface area contributed by atoms with Crippen molar-refractivity contribution in [1.82, 2.24) is 30.6 Å². The number of hydrogen-bond donors (Lipinski definition) is 2. The van der Waals surface area contributed by atoms with Gasteiger partial charge in [0, 0.05) is 26.2 Å². The molecular weight excluding hydrogens is 741 g/mol. The highest BCUT2D eigenvalue weighted by Gasteiger charge is 2.25. The van der Waals surface area contributed by atoms with Crippen LogP contribution in [0.5, 0.6) is 0 Å². The zero-order valence-electron chi connectivity index (χ0n) is 35.5. The summed E-state index contributed by atoms with van der Waals surface area (Å²) in [7, 11) is 0. The van der Waals surface area contributed by atoms with Crippen molar-refractivity contribution in [3.05, 3.63) is 93.6 Å². The van der Waals surface area contributed by atoms with Crippen LogP contribution in [0, 0.1) is 0 Å². The molecule has 1 aliphatic heterocycles. The van der Waals surface area contributed by atoms with Gasteiger partial charge in [-0.05, 0) is 132 Å². The van der Waals surface area contributed by atoms with Crippen molar-refractivity contribution in [3.8, 4) is 22.8 Å². The zero-order chi connectivity index (χ0) is 42.8. The van der Waals surface area contributed by atoms with Crippen LogP contribution in [0.2, 0.25) is 0 Å². The highest BCUT2D eigenvalue weighted by Crippen LogP contribution is 2.26. The summed E-state index contributed by atoms with van der Waals surface area (Å²) in [5, 5.41) is 6.66. The van der Waals surface area contributed by atoms with E-state index < -0.39 is 46.3 Å². The molecule has 4 aromatic heterocycles. The average molecular weight is 795 g/mol. The lowest BCUT2D eigenvalue weighted by Gasteiger charge is -2.21. The number of aromatic nitrogens is 4. The third-order valence-electron chi connectivity index (χ3n) is 7.80. The lowest BCUT2D eigenvalue weighted by atomic mass is 10.1. The molecule has 5 heterocycles. The molecule has 0 atom stereocenters. The second kappa shape index (κ2) is 16.7. The molecule has 14 heteroatoms. The smallest absolute Gasteiger partial charge is 0.338 e. The van der Waals surface area contributed by atoms with Crippen LogP contribution in [0.3, 0.4) is 0 Å². The fraction of sp³-hybridized carbons (Fsp3) is 0.455. The fourth-order valence-corrected chi connectivity index (χ4v) is 5.69. The van der Waals surface area contributed by atoms with E-state index in [1.165, 1.54) is 0 Å². The normalized spacial score (nSPS) is 13.7. The lowest BCUT2D eigenvalue weighted by molar-refractivity contribution is 0.00565. The zero-order valence-corrected chi connectivity index (χ0v) is 35.5. The van der Waals surface area contributed by atoms with Crippen LogP contribution in [0.15, 0.2) is 48.5 Å². The Kier molecular flexibility index (Phi) is 12.5. The minimum Gasteiger partial charge on any atom is -0.456 e. The SMILES string of the molecule is CC(C)(C)OC(=O)c1cc2nc(c1)-c1cc(C(=O)OC(C)(C)C)cc(n1)CNCc1cc(C(=O)OC(C)(C)C)cc(n1)-c1cc(C(=O)OC(C)(C)C)cc(n1)CNC2. The molecule has 5 rings (SSSR count). The minimum absolute atomic E-state index is 0.161. The number of rotatable bonds is 4. The first-order chi connectivity index (χ1) is 26.8. The highest BCUT2D eigenvalue weighted by atomic mass is 16.6. The van der Waals surface area contributed by atoms with E-state index in [4.69, 9.17) is 38.9 Å². The molecule has 58 heavy (non-hydrogen) atoms. The Balaban J connectivity index is 1.68. The predicted molar refractivity (Wildman–Crippen MR) is 217 cm³/mol. The first-order valence-corrected chi connectivity index (χ1v) is 19.2. The summed E-state index contributed by atoms with van der Waals surface area (Å²) in [4.78, 5) is 73.3. The van der Waals surface area contributed by atoms with Crippen LogP contribution in [0.25, 0.3) is 22.8 Å². The summed E-state index contributed by atoms with van der Waals surface area (Å²) >= 11 is 0. The van der Waals surface area contributed by atoms with Crippen molar-refractivity contribution >= 4 is 23.9 Å². The van der Waals surface area contributed by atoms with Crippen LogP contribution >= 0.6 is 0 Å². The standard InChI is InChI=1S/C44H54N6O8/c1-41(2,3)55-37(51)25-13-29-21-45-22-31-15-27(39(53)57-43(7,8)9)19-35(49-31)36-20-28(40(54)58-44(10,11)12)16-32(50-36)24-46-23-30-14-26(38(52)56-42(4,5)6)18-34(48-30)33(17-25)47-29/h13-20,45-46H,21-24H2,1-12H3. The van der Waals surface area contributed by atoms with E-state index in [0.717, 1.165) is 0 Å². The van der Waals surface area contributed by atoms with E-state index >= 15 is 0 Å². The number of esters is 4. The van der Waals surface area contributed by atoms with Gasteiger partial charge < -0.3 is 29.6 Å². The van der Waals surface area contributed by atoms with Crippen LogP contribution < -0.4 is 10.6 Å². The monoisotopic (exact) mass is 794 g/mol. The summed E-state index contributed by atoms with van der Waals surface area (Å²) in [6.07, 6.45) is 0. The molecule has 8 bridgehead atoms. The van der Waals surface area contributed by atoms with Crippen LogP contribution in [-0.4, -0.2) is 66.2 Å². The van der Waals surface area contributed by atoms with Gasteiger partial charge in [-0.1, -0.05) is 0 Å². The largest absolute Gasteiger partial charge is 0.456 e.